The van der Waals surface area contributed by atoms with Crippen LogP contribution < -0.4 is 15.9 Å². The molecule has 184 valence electrons. The first-order chi connectivity index (χ1) is 17.5. The molecular weight excluding hydrogens is 478 g/mol. The minimum Gasteiger partial charge on any atom is -0.457 e. The molecule has 0 fully saturated rings. The van der Waals surface area contributed by atoms with Crippen molar-refractivity contribution in [1.29, 1.82) is 0 Å². The number of hydrogen-bond acceptors (Lipinski definition) is 8. The van der Waals surface area contributed by atoms with Gasteiger partial charge < -0.3 is 4.42 Å². The molecule has 2 aliphatic heterocycles. The Morgan fingerprint density at radius 1 is 1.11 bits per heavy atom. The van der Waals surface area contributed by atoms with Crippen LogP contribution in [0.25, 0.3) is 17.0 Å². The maximum atomic E-state index is 13.2. The molecule has 1 N–H and O–H groups in total. The molecule has 10 heteroatoms. The van der Waals surface area contributed by atoms with E-state index >= 15 is 0 Å². The number of carbonyl (C=O) groups excluding carboxylic acids is 1. The monoisotopic (exact) mass is 503 g/mol. The third kappa shape index (κ3) is 4.76. The van der Waals surface area contributed by atoms with Crippen molar-refractivity contribution in [1.82, 2.24) is 10.3 Å². The summed E-state index contributed by atoms with van der Waals surface area (Å²) in [5, 5.41) is 22.4. The van der Waals surface area contributed by atoms with Crippen molar-refractivity contribution in [3.8, 4) is 11.3 Å². The summed E-state index contributed by atoms with van der Waals surface area (Å²) in [5.41, 5.74) is 0.976. The Kier molecular flexibility index (Phi) is 6.86. The molecule has 0 radical (unpaired) electrons. The summed E-state index contributed by atoms with van der Waals surface area (Å²) >= 11 is 1.52. The molecule has 3 aromatic rings. The lowest BCUT2D eigenvalue weighted by Gasteiger charge is -2.32. The lowest BCUT2D eigenvalue weighted by atomic mass is 10.1. The van der Waals surface area contributed by atoms with Crippen molar-refractivity contribution in [2.75, 3.05) is 5.75 Å². The second-order valence-electron chi connectivity index (χ2n) is 8.49. The summed E-state index contributed by atoms with van der Waals surface area (Å²) in [6.07, 6.45) is 3.85. The SMILES string of the molecule is CCCCCCSC1=NN2C(=c3ccccc3=NC2c2ccc(-c3cccc([N+](=O)[O-])c3)o2)C(=O)N1. The van der Waals surface area contributed by atoms with Gasteiger partial charge in [-0.1, -0.05) is 68.3 Å². The molecule has 0 bridgehead atoms. The second-order valence-corrected chi connectivity index (χ2v) is 9.57. The quantitative estimate of drug-likeness (QED) is 0.278. The number of thioether (sulfide) groups is 1. The highest BCUT2D eigenvalue weighted by Gasteiger charge is 2.36. The fourth-order valence-electron chi connectivity index (χ4n) is 4.20. The molecule has 3 heterocycles. The smallest absolute Gasteiger partial charge is 0.276 e. The van der Waals surface area contributed by atoms with Crippen molar-refractivity contribution >= 4 is 34.2 Å². The highest BCUT2D eigenvalue weighted by Crippen LogP contribution is 2.34. The highest BCUT2D eigenvalue weighted by molar-refractivity contribution is 8.13. The number of rotatable bonds is 8. The molecule has 1 aromatic heterocycles. The Morgan fingerprint density at radius 2 is 1.97 bits per heavy atom. The summed E-state index contributed by atoms with van der Waals surface area (Å²) in [6, 6.07) is 17.2. The standard InChI is InChI=1S/C26H25N5O4S/c1-2-3-4-7-15-36-26-28-25(32)23-19-11-5-6-12-20(19)27-24(30(23)29-26)22-14-13-21(35-22)17-9-8-10-18(16-17)31(33)34/h5-6,8-14,16,24H,2-4,7,15H2,1H3,(H,28,29,32). The van der Waals surface area contributed by atoms with E-state index in [-0.39, 0.29) is 11.6 Å². The van der Waals surface area contributed by atoms with Gasteiger partial charge in [-0.05, 0) is 24.6 Å². The number of hydrazone groups is 1. The zero-order chi connectivity index (χ0) is 25.1. The zero-order valence-electron chi connectivity index (χ0n) is 19.7. The Morgan fingerprint density at radius 3 is 2.81 bits per heavy atom. The van der Waals surface area contributed by atoms with Crippen LogP contribution >= 0.6 is 11.8 Å². The van der Waals surface area contributed by atoms with Gasteiger partial charge in [0.15, 0.2) is 10.9 Å². The van der Waals surface area contributed by atoms with Crippen molar-refractivity contribution < 1.29 is 14.1 Å². The van der Waals surface area contributed by atoms with Crippen LogP contribution in [-0.2, 0) is 4.79 Å². The first kappa shape index (κ1) is 23.8. The Labute approximate surface area is 211 Å². The van der Waals surface area contributed by atoms with Crippen molar-refractivity contribution in [3.63, 3.8) is 0 Å². The van der Waals surface area contributed by atoms with Gasteiger partial charge in [-0.3, -0.25) is 20.2 Å². The van der Waals surface area contributed by atoms with E-state index in [0.29, 0.717) is 38.5 Å². The predicted octanol–water partition coefficient (Wildman–Crippen LogP) is 4.31. The Hall–Kier alpha value is -3.92. The number of hydrogen-bond donors (Lipinski definition) is 1. The number of amidine groups is 1. The van der Waals surface area contributed by atoms with Gasteiger partial charge in [0.1, 0.15) is 11.5 Å². The van der Waals surface area contributed by atoms with E-state index < -0.39 is 11.1 Å². The molecule has 2 aromatic carbocycles. The summed E-state index contributed by atoms with van der Waals surface area (Å²) in [7, 11) is 0. The summed E-state index contributed by atoms with van der Waals surface area (Å²) < 4.78 is 6.12. The van der Waals surface area contributed by atoms with Crippen molar-refractivity contribution in [2.45, 2.75) is 38.8 Å². The number of non-ortho nitro benzene ring substituents is 1. The maximum absolute atomic E-state index is 13.2. The summed E-state index contributed by atoms with van der Waals surface area (Å²) in [5.74, 6) is 1.58. The first-order valence-electron chi connectivity index (χ1n) is 11.9. The van der Waals surface area contributed by atoms with Crippen molar-refractivity contribution in [2.24, 2.45) is 10.1 Å². The minimum absolute atomic E-state index is 0.0183. The van der Waals surface area contributed by atoms with E-state index in [4.69, 9.17) is 14.5 Å². The lowest BCUT2D eigenvalue weighted by Crippen LogP contribution is -2.50. The van der Waals surface area contributed by atoms with E-state index in [9.17, 15) is 14.9 Å². The number of carbonyl (C=O) groups is 1. The molecule has 0 spiro atoms. The number of nitro benzene ring substituents is 1. The van der Waals surface area contributed by atoms with Crippen LogP contribution in [0.15, 0.2) is 75.2 Å². The molecule has 36 heavy (non-hydrogen) atoms. The molecule has 1 amide bonds. The van der Waals surface area contributed by atoms with Gasteiger partial charge in [-0.25, -0.2) is 10.0 Å². The molecule has 0 saturated heterocycles. The molecular formula is C26H25N5O4S. The molecule has 5 rings (SSSR count). The number of nitro groups is 1. The van der Waals surface area contributed by atoms with Crippen LogP contribution in [0.5, 0.6) is 0 Å². The number of furan rings is 1. The minimum atomic E-state index is -0.691. The number of benzene rings is 2. The predicted molar refractivity (Wildman–Crippen MR) is 138 cm³/mol. The molecule has 1 unspecified atom stereocenters. The van der Waals surface area contributed by atoms with E-state index in [1.54, 1.807) is 29.3 Å². The van der Waals surface area contributed by atoms with Gasteiger partial charge >= 0.3 is 0 Å². The average molecular weight is 504 g/mol. The normalized spacial score (nSPS) is 16.5. The van der Waals surface area contributed by atoms with Crippen molar-refractivity contribution in [3.05, 3.63) is 87.1 Å². The number of nitrogens with one attached hydrogen (secondary N) is 1. The lowest BCUT2D eigenvalue weighted by molar-refractivity contribution is -0.384. The molecule has 1 atom stereocenters. The number of fused-ring (bicyclic) bond motifs is 2. The third-order valence-corrected chi connectivity index (χ3v) is 6.92. The third-order valence-electron chi connectivity index (χ3n) is 5.97. The van der Waals surface area contributed by atoms with Gasteiger partial charge in [0.2, 0.25) is 6.17 Å². The van der Waals surface area contributed by atoms with Crippen LogP contribution in [0.4, 0.5) is 5.69 Å². The van der Waals surface area contributed by atoms with Gasteiger partial charge in [-0.15, -0.1) is 5.10 Å². The van der Waals surface area contributed by atoms with Gasteiger partial charge in [-0.2, -0.15) is 0 Å². The largest absolute Gasteiger partial charge is 0.457 e. The summed E-state index contributed by atoms with van der Waals surface area (Å²) in [6.45, 7) is 2.17. The Bertz CT molecular complexity index is 1460. The fraction of sp³-hybridized carbons (Fsp3) is 0.269. The number of amides is 1. The van der Waals surface area contributed by atoms with E-state index in [1.807, 2.05) is 24.3 Å². The van der Waals surface area contributed by atoms with Crippen LogP contribution in [-0.4, -0.2) is 26.8 Å². The number of nitrogens with zero attached hydrogens (tertiary/aromatic N) is 4. The van der Waals surface area contributed by atoms with E-state index in [1.165, 1.54) is 36.7 Å². The van der Waals surface area contributed by atoms with E-state index in [0.717, 1.165) is 18.6 Å². The molecule has 0 aliphatic carbocycles. The average Bonchev–Trinajstić information content (AvgIpc) is 3.38. The first-order valence-corrected chi connectivity index (χ1v) is 12.9. The number of para-hydroxylation sites is 1. The fourth-order valence-corrected chi connectivity index (χ4v) is 5.05. The van der Waals surface area contributed by atoms with Crippen LogP contribution in [0.2, 0.25) is 0 Å². The molecule has 0 saturated carbocycles. The topological polar surface area (TPSA) is 113 Å². The second kappa shape index (κ2) is 10.4. The maximum Gasteiger partial charge on any atom is 0.276 e. The number of unbranched alkanes of at least 4 members (excludes halogenated alkanes) is 3. The zero-order valence-corrected chi connectivity index (χ0v) is 20.5. The molecule has 2 aliphatic rings. The van der Waals surface area contributed by atoms with Gasteiger partial charge in [0, 0.05) is 28.7 Å². The van der Waals surface area contributed by atoms with Crippen LogP contribution in [0, 0.1) is 10.1 Å². The van der Waals surface area contributed by atoms with Gasteiger partial charge in [0.25, 0.3) is 11.6 Å². The van der Waals surface area contributed by atoms with Crippen LogP contribution in [0.3, 0.4) is 0 Å². The summed E-state index contributed by atoms with van der Waals surface area (Å²) in [4.78, 5) is 28.8. The Balaban J connectivity index is 1.50. The van der Waals surface area contributed by atoms with E-state index in [2.05, 4.69) is 12.2 Å². The van der Waals surface area contributed by atoms with Crippen LogP contribution in [0.1, 0.15) is 44.5 Å². The highest BCUT2D eigenvalue weighted by atomic mass is 32.2. The molecule has 9 nitrogen and oxygen atoms in total. The van der Waals surface area contributed by atoms with Gasteiger partial charge in [0.05, 0.1) is 10.3 Å².